The van der Waals surface area contributed by atoms with E-state index in [1.165, 1.54) is 0 Å². The lowest BCUT2D eigenvalue weighted by Gasteiger charge is -2.15. The fraction of sp³-hybridized carbons (Fsp3) is 0.286. The van der Waals surface area contributed by atoms with Gasteiger partial charge in [-0.15, -0.1) is 5.10 Å². The number of hydrogen-bond acceptors (Lipinski definition) is 6. The van der Waals surface area contributed by atoms with Crippen molar-refractivity contribution in [3.63, 3.8) is 0 Å². The largest absolute Gasteiger partial charge is 0.354 e. The number of fused-ring (bicyclic) bond motifs is 3. The van der Waals surface area contributed by atoms with Gasteiger partial charge in [-0.2, -0.15) is 4.52 Å². The Morgan fingerprint density at radius 1 is 1.10 bits per heavy atom. The average Bonchev–Trinajstić information content (AvgIpc) is 3.39. The third kappa shape index (κ3) is 3.37. The molecule has 8 heteroatoms. The van der Waals surface area contributed by atoms with E-state index in [0.29, 0.717) is 24.7 Å². The quantitative estimate of drug-likeness (QED) is 0.512. The minimum Gasteiger partial charge on any atom is -0.354 e. The second-order valence-corrected chi connectivity index (χ2v) is 7.13. The summed E-state index contributed by atoms with van der Waals surface area (Å²) in [6.07, 6.45) is 5.98. The van der Waals surface area contributed by atoms with Crippen LogP contribution in [0.4, 0.5) is 5.95 Å². The van der Waals surface area contributed by atoms with Crippen molar-refractivity contribution in [2.75, 3.05) is 25.0 Å². The van der Waals surface area contributed by atoms with Crippen LogP contribution in [-0.2, 0) is 4.79 Å². The molecule has 1 amide bonds. The molecule has 5 rings (SSSR count). The third-order valence-electron chi connectivity index (χ3n) is 5.16. The van der Waals surface area contributed by atoms with Gasteiger partial charge in [0.15, 0.2) is 11.5 Å². The second kappa shape index (κ2) is 7.46. The van der Waals surface area contributed by atoms with E-state index >= 15 is 0 Å². The van der Waals surface area contributed by atoms with E-state index in [9.17, 15) is 4.79 Å². The third-order valence-corrected chi connectivity index (χ3v) is 5.16. The molecule has 4 aromatic rings. The van der Waals surface area contributed by atoms with Crippen molar-refractivity contribution in [1.29, 1.82) is 0 Å². The smallest absolute Gasteiger partial charge is 0.226 e. The highest BCUT2D eigenvalue weighted by atomic mass is 16.2. The van der Waals surface area contributed by atoms with Crippen molar-refractivity contribution in [3.8, 4) is 11.4 Å². The van der Waals surface area contributed by atoms with E-state index in [2.05, 4.69) is 15.4 Å². The number of hydrogen-bond donors (Lipinski definition) is 1. The molecule has 146 valence electrons. The van der Waals surface area contributed by atoms with Gasteiger partial charge in [0.25, 0.3) is 0 Å². The van der Waals surface area contributed by atoms with Gasteiger partial charge in [-0.25, -0.2) is 9.97 Å². The van der Waals surface area contributed by atoms with E-state index in [1.807, 2.05) is 41.3 Å². The fourth-order valence-corrected chi connectivity index (χ4v) is 3.70. The number of aromatic nitrogens is 5. The van der Waals surface area contributed by atoms with Crippen LogP contribution in [-0.4, -0.2) is 55.0 Å². The molecule has 8 nitrogen and oxygen atoms in total. The van der Waals surface area contributed by atoms with Gasteiger partial charge in [0.05, 0.1) is 5.52 Å². The van der Waals surface area contributed by atoms with Gasteiger partial charge in [-0.1, -0.05) is 12.1 Å². The number of carbonyl (C=O) groups excluding carboxylic acids is 1. The zero-order chi connectivity index (χ0) is 19.6. The Hall–Kier alpha value is -3.55. The van der Waals surface area contributed by atoms with Crippen molar-refractivity contribution in [3.05, 3.63) is 48.8 Å². The van der Waals surface area contributed by atoms with E-state index < -0.39 is 0 Å². The molecule has 0 atom stereocenters. The maximum atomic E-state index is 11.8. The van der Waals surface area contributed by atoms with Crippen LogP contribution in [0.15, 0.2) is 48.8 Å². The maximum absolute atomic E-state index is 11.8. The van der Waals surface area contributed by atoms with Gasteiger partial charge < -0.3 is 10.2 Å². The number of nitrogens with zero attached hydrogens (tertiary/aromatic N) is 6. The lowest BCUT2D eigenvalue weighted by molar-refractivity contribution is -0.127. The van der Waals surface area contributed by atoms with Crippen LogP contribution in [0.3, 0.4) is 0 Å². The number of nitrogens with one attached hydrogen (secondary N) is 1. The SMILES string of the molecule is O=C1CCCN1CCCNc1nc2ccccc2c2nc(-c3cccnc3)nn12. The molecule has 1 aliphatic rings. The van der Waals surface area contributed by atoms with Crippen LogP contribution in [0.1, 0.15) is 19.3 Å². The van der Waals surface area contributed by atoms with Gasteiger partial charge in [-0.3, -0.25) is 9.78 Å². The standard InChI is InChI=1S/C21H21N7O/c29-18-9-4-12-27(18)13-5-11-23-21-24-17-8-2-1-7-16(17)20-25-19(26-28(20)21)15-6-3-10-22-14-15/h1-3,6-8,10,14H,4-5,9,11-13H2,(H,23,24). The summed E-state index contributed by atoms with van der Waals surface area (Å²) in [5.74, 6) is 1.52. The van der Waals surface area contributed by atoms with Crippen molar-refractivity contribution in [2.24, 2.45) is 0 Å². The van der Waals surface area contributed by atoms with Gasteiger partial charge in [-0.05, 0) is 37.1 Å². The van der Waals surface area contributed by atoms with Gasteiger partial charge in [0.1, 0.15) is 0 Å². The molecule has 1 aliphatic heterocycles. The number of rotatable bonds is 6. The molecule has 0 saturated carbocycles. The monoisotopic (exact) mass is 387 g/mol. The number of benzene rings is 1. The number of carbonyl (C=O) groups is 1. The zero-order valence-corrected chi connectivity index (χ0v) is 16.0. The lowest BCUT2D eigenvalue weighted by Crippen LogP contribution is -2.27. The van der Waals surface area contributed by atoms with Crippen molar-refractivity contribution in [1.82, 2.24) is 29.5 Å². The van der Waals surface area contributed by atoms with Crippen LogP contribution < -0.4 is 5.32 Å². The summed E-state index contributed by atoms with van der Waals surface area (Å²) in [6.45, 7) is 2.34. The lowest BCUT2D eigenvalue weighted by atomic mass is 10.2. The Morgan fingerprint density at radius 2 is 2.03 bits per heavy atom. The summed E-state index contributed by atoms with van der Waals surface area (Å²) in [4.78, 5) is 27.4. The van der Waals surface area contributed by atoms with Crippen LogP contribution >= 0.6 is 0 Å². The Morgan fingerprint density at radius 3 is 2.86 bits per heavy atom. The van der Waals surface area contributed by atoms with Crippen molar-refractivity contribution in [2.45, 2.75) is 19.3 Å². The highest BCUT2D eigenvalue weighted by Crippen LogP contribution is 2.23. The highest BCUT2D eigenvalue weighted by Gasteiger charge is 2.19. The number of anilines is 1. The Kier molecular flexibility index (Phi) is 4.51. The molecule has 1 saturated heterocycles. The molecule has 1 fully saturated rings. The zero-order valence-electron chi connectivity index (χ0n) is 16.0. The molecule has 1 N–H and O–H groups in total. The summed E-state index contributed by atoms with van der Waals surface area (Å²) >= 11 is 0. The van der Waals surface area contributed by atoms with Crippen LogP contribution in [0.5, 0.6) is 0 Å². The Balaban J connectivity index is 1.45. The van der Waals surface area contributed by atoms with Gasteiger partial charge in [0, 0.05) is 49.4 Å². The molecule has 0 aliphatic carbocycles. The average molecular weight is 387 g/mol. The van der Waals surface area contributed by atoms with Crippen LogP contribution in [0, 0.1) is 0 Å². The molecule has 29 heavy (non-hydrogen) atoms. The first-order valence-corrected chi connectivity index (χ1v) is 9.87. The number of likely N-dealkylation sites (tertiary alicyclic amines) is 1. The predicted octanol–water partition coefficient (Wildman–Crippen LogP) is 2.76. The van der Waals surface area contributed by atoms with Crippen molar-refractivity contribution < 1.29 is 4.79 Å². The second-order valence-electron chi connectivity index (χ2n) is 7.13. The first-order valence-electron chi connectivity index (χ1n) is 9.87. The number of para-hydroxylation sites is 1. The molecule has 4 heterocycles. The Labute approximate surface area is 167 Å². The summed E-state index contributed by atoms with van der Waals surface area (Å²) in [5, 5.41) is 9.00. The first kappa shape index (κ1) is 17.5. The summed E-state index contributed by atoms with van der Waals surface area (Å²) in [6, 6.07) is 11.7. The molecular formula is C21H21N7O. The van der Waals surface area contributed by atoms with E-state index in [0.717, 1.165) is 48.0 Å². The van der Waals surface area contributed by atoms with E-state index in [4.69, 9.17) is 9.97 Å². The summed E-state index contributed by atoms with van der Waals surface area (Å²) in [5.41, 5.74) is 2.48. The van der Waals surface area contributed by atoms with Crippen LogP contribution in [0.25, 0.3) is 27.9 Å². The van der Waals surface area contributed by atoms with Gasteiger partial charge >= 0.3 is 0 Å². The van der Waals surface area contributed by atoms with E-state index in [1.54, 1.807) is 16.9 Å². The molecule has 0 unspecified atom stereocenters. The molecule has 0 bridgehead atoms. The minimum atomic E-state index is 0.258. The number of pyridine rings is 1. The highest BCUT2D eigenvalue weighted by molar-refractivity contribution is 5.92. The molecule has 0 radical (unpaired) electrons. The summed E-state index contributed by atoms with van der Waals surface area (Å²) in [7, 11) is 0. The van der Waals surface area contributed by atoms with E-state index in [-0.39, 0.29) is 5.91 Å². The van der Waals surface area contributed by atoms with Gasteiger partial charge in [0.2, 0.25) is 11.9 Å². The maximum Gasteiger partial charge on any atom is 0.226 e. The van der Waals surface area contributed by atoms with Crippen LogP contribution in [0.2, 0.25) is 0 Å². The normalized spacial score (nSPS) is 14.2. The summed E-state index contributed by atoms with van der Waals surface area (Å²) < 4.78 is 1.76. The van der Waals surface area contributed by atoms with Crippen molar-refractivity contribution >= 4 is 28.4 Å². The molecule has 1 aromatic carbocycles. The Bertz CT molecular complexity index is 1170. The first-order chi connectivity index (χ1) is 14.3. The molecule has 0 spiro atoms. The fourth-order valence-electron chi connectivity index (χ4n) is 3.70. The minimum absolute atomic E-state index is 0.258. The predicted molar refractivity (Wildman–Crippen MR) is 110 cm³/mol. The molecule has 3 aromatic heterocycles. The number of amides is 1. The topological polar surface area (TPSA) is 88.3 Å². The molecular weight excluding hydrogens is 366 g/mol.